The van der Waals surface area contributed by atoms with Crippen molar-refractivity contribution in [1.82, 2.24) is 4.98 Å². The number of hydrogen-bond donors (Lipinski definition) is 1. The molecule has 2 aromatic carbocycles. The van der Waals surface area contributed by atoms with Crippen LogP contribution >= 0.6 is 27.3 Å². The first-order chi connectivity index (χ1) is 18.2. The fraction of sp³-hybridized carbons (Fsp3) is 0.185. The van der Waals surface area contributed by atoms with Gasteiger partial charge in [0.25, 0.3) is 5.91 Å². The number of aromatic nitrogens is 1. The number of thiazole rings is 1. The predicted octanol–water partition coefficient (Wildman–Crippen LogP) is 5.93. The summed E-state index contributed by atoms with van der Waals surface area (Å²) in [5.41, 5.74) is 1.12. The summed E-state index contributed by atoms with van der Waals surface area (Å²) in [6.07, 6.45) is 0. The SMILES string of the molecule is CCOC(=O)c1sc(N2C(=O)C(O)=C(C(=O)c3cc4cccc(OC)c4o3)C2c2ccc(Br)cc2)nc1C. The third-order valence-electron chi connectivity index (χ3n) is 6.04. The van der Waals surface area contributed by atoms with E-state index in [9.17, 15) is 19.5 Å². The maximum Gasteiger partial charge on any atom is 0.350 e. The van der Waals surface area contributed by atoms with Crippen LogP contribution in [0.5, 0.6) is 5.75 Å². The number of aliphatic hydroxyl groups excluding tert-OH is 1. The number of para-hydroxylation sites is 1. The highest BCUT2D eigenvalue weighted by molar-refractivity contribution is 9.10. The van der Waals surface area contributed by atoms with Crippen LogP contribution in [0.1, 0.15) is 44.4 Å². The van der Waals surface area contributed by atoms with Crippen molar-refractivity contribution in [3.05, 3.63) is 86.2 Å². The lowest BCUT2D eigenvalue weighted by atomic mass is 9.95. The Balaban J connectivity index is 1.64. The second-order valence-electron chi connectivity index (χ2n) is 8.34. The first-order valence-electron chi connectivity index (χ1n) is 11.5. The smallest absolute Gasteiger partial charge is 0.350 e. The predicted molar refractivity (Wildman–Crippen MR) is 144 cm³/mol. The summed E-state index contributed by atoms with van der Waals surface area (Å²) in [5, 5.41) is 11.8. The van der Waals surface area contributed by atoms with Crippen molar-refractivity contribution < 1.29 is 33.4 Å². The molecule has 0 spiro atoms. The van der Waals surface area contributed by atoms with E-state index in [4.69, 9.17) is 13.9 Å². The van der Waals surface area contributed by atoms with Crippen LogP contribution in [-0.2, 0) is 9.53 Å². The summed E-state index contributed by atoms with van der Waals surface area (Å²) in [6, 6.07) is 12.7. The molecule has 1 aliphatic rings. The highest BCUT2D eigenvalue weighted by Crippen LogP contribution is 2.44. The number of fused-ring (bicyclic) bond motifs is 1. The number of furan rings is 1. The van der Waals surface area contributed by atoms with Crippen molar-refractivity contribution in [1.29, 1.82) is 0 Å². The van der Waals surface area contributed by atoms with Gasteiger partial charge in [0.1, 0.15) is 4.88 Å². The summed E-state index contributed by atoms with van der Waals surface area (Å²) >= 11 is 4.35. The Hall–Kier alpha value is -3.96. The van der Waals surface area contributed by atoms with E-state index in [1.807, 2.05) is 0 Å². The van der Waals surface area contributed by atoms with Gasteiger partial charge in [0, 0.05) is 9.86 Å². The molecule has 9 nitrogen and oxygen atoms in total. The summed E-state index contributed by atoms with van der Waals surface area (Å²) in [6.45, 7) is 3.50. The van der Waals surface area contributed by atoms with E-state index in [1.165, 1.54) is 12.0 Å². The van der Waals surface area contributed by atoms with E-state index in [0.29, 0.717) is 28.0 Å². The molecule has 0 fully saturated rings. The molecule has 0 saturated heterocycles. The number of ketones is 1. The van der Waals surface area contributed by atoms with Crippen LogP contribution in [0.2, 0.25) is 0 Å². The standard InChI is InChI=1S/C27H21BrN2O7S/c1-4-36-26(34)24-13(2)29-27(38-24)30-20(14-8-10-16(28)11-9-14)19(22(32)25(30)33)21(31)18-12-15-6-5-7-17(35-3)23(15)37-18/h5-12,20,32H,4H2,1-3H3. The maximum atomic E-state index is 13.8. The van der Waals surface area contributed by atoms with Crippen LogP contribution < -0.4 is 9.64 Å². The summed E-state index contributed by atoms with van der Waals surface area (Å²) in [5.74, 6) is -2.39. The average Bonchev–Trinajstić information content (AvgIpc) is 3.58. The molecule has 3 heterocycles. The number of carbonyl (C=O) groups is 3. The Morgan fingerprint density at radius 3 is 2.63 bits per heavy atom. The van der Waals surface area contributed by atoms with E-state index in [0.717, 1.165) is 15.8 Å². The normalized spacial score (nSPS) is 15.4. The zero-order valence-corrected chi connectivity index (χ0v) is 22.9. The van der Waals surface area contributed by atoms with E-state index in [-0.39, 0.29) is 27.9 Å². The maximum absolute atomic E-state index is 13.8. The lowest BCUT2D eigenvalue weighted by Gasteiger charge is -2.24. The van der Waals surface area contributed by atoms with Crippen LogP contribution in [0.4, 0.5) is 5.13 Å². The Labute approximate surface area is 229 Å². The molecule has 2 aromatic heterocycles. The quantitative estimate of drug-likeness (QED) is 0.206. The number of Topliss-reactive ketones (excluding diaryl/α,β-unsaturated/α-hetero) is 1. The van der Waals surface area contributed by atoms with Gasteiger partial charge in [-0.2, -0.15) is 0 Å². The molecular formula is C27H21BrN2O7S. The zero-order chi connectivity index (χ0) is 27.1. The van der Waals surface area contributed by atoms with Crippen LogP contribution in [0, 0.1) is 6.92 Å². The van der Waals surface area contributed by atoms with Crippen molar-refractivity contribution in [3.63, 3.8) is 0 Å². The van der Waals surface area contributed by atoms with Gasteiger partial charge < -0.3 is 19.0 Å². The van der Waals surface area contributed by atoms with E-state index in [1.54, 1.807) is 62.4 Å². The Kier molecular flexibility index (Phi) is 6.80. The largest absolute Gasteiger partial charge is 0.503 e. The molecule has 4 aromatic rings. The Morgan fingerprint density at radius 1 is 1.21 bits per heavy atom. The minimum Gasteiger partial charge on any atom is -0.503 e. The molecule has 1 atom stereocenters. The van der Waals surface area contributed by atoms with E-state index < -0.39 is 29.5 Å². The van der Waals surface area contributed by atoms with Gasteiger partial charge in [0.05, 0.1) is 31.0 Å². The summed E-state index contributed by atoms with van der Waals surface area (Å²) in [7, 11) is 1.49. The van der Waals surface area contributed by atoms with Gasteiger partial charge in [-0.1, -0.05) is 51.5 Å². The Bertz CT molecular complexity index is 1620. The number of ether oxygens (including phenoxy) is 2. The van der Waals surface area contributed by atoms with Crippen LogP contribution in [-0.4, -0.2) is 41.5 Å². The first-order valence-corrected chi connectivity index (χ1v) is 13.1. The van der Waals surface area contributed by atoms with Gasteiger partial charge in [-0.15, -0.1) is 0 Å². The number of esters is 1. The number of carbonyl (C=O) groups excluding carboxylic acids is 3. The number of nitrogens with zero attached hydrogens (tertiary/aromatic N) is 2. The molecule has 0 aliphatic carbocycles. The van der Waals surface area contributed by atoms with Crippen molar-refractivity contribution >= 4 is 61.0 Å². The first kappa shape index (κ1) is 25.7. The number of methoxy groups -OCH3 is 1. The second-order valence-corrected chi connectivity index (χ2v) is 10.2. The van der Waals surface area contributed by atoms with Gasteiger partial charge in [0.15, 0.2) is 28.0 Å². The summed E-state index contributed by atoms with van der Waals surface area (Å²) < 4.78 is 17.1. The molecule has 194 valence electrons. The number of aryl methyl sites for hydroxylation is 1. The van der Waals surface area contributed by atoms with Gasteiger partial charge in [-0.25, -0.2) is 9.78 Å². The fourth-order valence-corrected chi connectivity index (χ4v) is 5.56. The molecule has 1 aliphatic heterocycles. The second kappa shape index (κ2) is 10.1. The Morgan fingerprint density at radius 2 is 1.95 bits per heavy atom. The molecule has 0 bridgehead atoms. The van der Waals surface area contributed by atoms with Gasteiger partial charge >= 0.3 is 5.97 Å². The number of aliphatic hydroxyl groups is 1. The molecule has 0 saturated carbocycles. The molecule has 5 rings (SSSR count). The zero-order valence-electron chi connectivity index (χ0n) is 20.5. The summed E-state index contributed by atoms with van der Waals surface area (Å²) in [4.78, 5) is 45.6. The number of halogens is 1. The lowest BCUT2D eigenvalue weighted by Crippen LogP contribution is -2.31. The van der Waals surface area contributed by atoms with Gasteiger partial charge in [0.2, 0.25) is 5.78 Å². The number of hydrogen-bond acceptors (Lipinski definition) is 9. The third-order valence-corrected chi connectivity index (χ3v) is 7.71. The molecule has 0 radical (unpaired) electrons. The molecule has 1 amide bonds. The highest BCUT2D eigenvalue weighted by atomic mass is 79.9. The third kappa shape index (κ3) is 4.27. The molecule has 1 unspecified atom stereocenters. The molecular weight excluding hydrogens is 576 g/mol. The molecule has 11 heteroatoms. The van der Waals surface area contributed by atoms with E-state index in [2.05, 4.69) is 20.9 Å². The topological polar surface area (TPSA) is 119 Å². The highest BCUT2D eigenvalue weighted by Gasteiger charge is 2.47. The number of anilines is 1. The van der Waals surface area contributed by atoms with E-state index >= 15 is 0 Å². The molecule has 1 N–H and O–H groups in total. The number of amides is 1. The number of rotatable bonds is 7. The lowest BCUT2D eigenvalue weighted by molar-refractivity contribution is -0.117. The van der Waals surface area contributed by atoms with Crippen LogP contribution in [0.15, 0.2) is 68.8 Å². The van der Waals surface area contributed by atoms with Gasteiger partial charge in [-0.05, 0) is 43.7 Å². The van der Waals surface area contributed by atoms with Crippen molar-refractivity contribution in [2.45, 2.75) is 19.9 Å². The average molecular weight is 597 g/mol. The minimum atomic E-state index is -1.03. The van der Waals surface area contributed by atoms with Crippen LogP contribution in [0.3, 0.4) is 0 Å². The fourth-order valence-electron chi connectivity index (χ4n) is 4.31. The van der Waals surface area contributed by atoms with Crippen molar-refractivity contribution in [3.8, 4) is 5.75 Å². The van der Waals surface area contributed by atoms with Gasteiger partial charge in [-0.3, -0.25) is 14.5 Å². The van der Waals surface area contributed by atoms with Crippen molar-refractivity contribution in [2.24, 2.45) is 0 Å². The number of benzene rings is 2. The van der Waals surface area contributed by atoms with Crippen LogP contribution in [0.25, 0.3) is 11.0 Å². The van der Waals surface area contributed by atoms with Crippen molar-refractivity contribution in [2.75, 3.05) is 18.6 Å². The minimum absolute atomic E-state index is 0.0645. The monoisotopic (exact) mass is 596 g/mol. The molecule has 38 heavy (non-hydrogen) atoms.